The van der Waals surface area contributed by atoms with E-state index in [2.05, 4.69) is 5.32 Å². The molecule has 7 heteroatoms. The summed E-state index contributed by atoms with van der Waals surface area (Å²) in [5.41, 5.74) is 4.00. The third-order valence-electron chi connectivity index (χ3n) is 4.13. The molecule has 2 aromatic carbocycles. The first kappa shape index (κ1) is 21.9. The van der Waals surface area contributed by atoms with Gasteiger partial charge in [0.1, 0.15) is 5.75 Å². The highest BCUT2D eigenvalue weighted by Gasteiger charge is 2.12. The maximum Gasteiger partial charge on any atom is 0.344 e. The van der Waals surface area contributed by atoms with Crippen LogP contribution in [0.25, 0.3) is 0 Å². The quantitative estimate of drug-likeness (QED) is 0.725. The van der Waals surface area contributed by atoms with Gasteiger partial charge in [0.15, 0.2) is 13.2 Å². The van der Waals surface area contributed by atoms with Gasteiger partial charge in [-0.3, -0.25) is 9.59 Å². The number of benzene rings is 2. The normalized spacial score (nSPS) is 10.2. The predicted octanol–water partition coefficient (Wildman–Crippen LogP) is 2.87. The molecule has 0 unspecified atom stereocenters. The van der Waals surface area contributed by atoms with E-state index in [0.29, 0.717) is 17.0 Å². The van der Waals surface area contributed by atoms with Crippen LogP contribution in [0.3, 0.4) is 0 Å². The zero-order valence-electron chi connectivity index (χ0n) is 17.4. The zero-order valence-corrected chi connectivity index (χ0v) is 17.4. The molecule has 0 aromatic heterocycles. The molecule has 0 fully saturated rings. The number of esters is 1. The van der Waals surface area contributed by atoms with Crippen molar-refractivity contribution in [2.24, 2.45) is 0 Å². The summed E-state index contributed by atoms with van der Waals surface area (Å²) in [6.07, 6.45) is 0. The Morgan fingerprint density at radius 1 is 0.931 bits per heavy atom. The van der Waals surface area contributed by atoms with E-state index in [1.807, 2.05) is 32.9 Å². The summed E-state index contributed by atoms with van der Waals surface area (Å²) in [5, 5.41) is 2.61. The van der Waals surface area contributed by atoms with Crippen molar-refractivity contribution in [1.29, 1.82) is 0 Å². The first-order valence-corrected chi connectivity index (χ1v) is 9.15. The number of aryl methyl sites for hydroxylation is 3. The highest BCUT2D eigenvalue weighted by molar-refractivity contribution is 5.96. The van der Waals surface area contributed by atoms with Crippen molar-refractivity contribution in [1.82, 2.24) is 4.90 Å². The van der Waals surface area contributed by atoms with Crippen LogP contribution >= 0.6 is 0 Å². The van der Waals surface area contributed by atoms with Crippen LogP contribution in [0.2, 0.25) is 0 Å². The van der Waals surface area contributed by atoms with Crippen LogP contribution in [0.15, 0.2) is 36.4 Å². The number of anilines is 1. The average molecular weight is 398 g/mol. The van der Waals surface area contributed by atoms with Gasteiger partial charge in [-0.05, 0) is 56.2 Å². The van der Waals surface area contributed by atoms with E-state index in [1.54, 1.807) is 38.4 Å². The van der Waals surface area contributed by atoms with Gasteiger partial charge in [0, 0.05) is 25.3 Å². The second-order valence-corrected chi connectivity index (χ2v) is 7.00. The number of ether oxygens (including phenoxy) is 2. The van der Waals surface area contributed by atoms with Gasteiger partial charge in [-0.2, -0.15) is 0 Å². The van der Waals surface area contributed by atoms with Crippen LogP contribution in [0.4, 0.5) is 5.69 Å². The monoisotopic (exact) mass is 398 g/mol. The van der Waals surface area contributed by atoms with Crippen molar-refractivity contribution in [2.75, 3.05) is 32.6 Å². The molecular weight excluding hydrogens is 372 g/mol. The molecule has 0 radical (unpaired) electrons. The second kappa shape index (κ2) is 9.73. The molecule has 0 bridgehead atoms. The molecule has 0 aliphatic heterocycles. The molecule has 0 saturated carbocycles. The molecule has 2 rings (SSSR count). The van der Waals surface area contributed by atoms with E-state index in [0.717, 1.165) is 16.7 Å². The molecule has 0 aliphatic carbocycles. The van der Waals surface area contributed by atoms with E-state index in [-0.39, 0.29) is 12.5 Å². The molecule has 7 nitrogen and oxygen atoms in total. The van der Waals surface area contributed by atoms with Crippen molar-refractivity contribution in [3.8, 4) is 5.75 Å². The number of nitrogens with zero attached hydrogens (tertiary/aromatic N) is 1. The van der Waals surface area contributed by atoms with Crippen molar-refractivity contribution in [3.63, 3.8) is 0 Å². The van der Waals surface area contributed by atoms with Gasteiger partial charge in [-0.25, -0.2) is 4.79 Å². The number of nitrogens with one attached hydrogen (secondary N) is 1. The molecule has 0 aliphatic rings. The summed E-state index contributed by atoms with van der Waals surface area (Å²) in [4.78, 5) is 37.2. The van der Waals surface area contributed by atoms with Crippen LogP contribution in [-0.4, -0.2) is 50.0 Å². The summed E-state index contributed by atoms with van der Waals surface area (Å²) in [6, 6.07) is 10.4. The number of carbonyl (C=O) groups excluding carboxylic acids is 3. The fraction of sp³-hybridized carbons (Fsp3) is 0.318. The summed E-state index contributed by atoms with van der Waals surface area (Å²) in [5.74, 6) is -0.598. The number of hydrogen-bond donors (Lipinski definition) is 1. The molecule has 154 valence electrons. The van der Waals surface area contributed by atoms with Crippen molar-refractivity contribution < 1.29 is 23.9 Å². The second-order valence-electron chi connectivity index (χ2n) is 7.00. The van der Waals surface area contributed by atoms with Crippen molar-refractivity contribution in [3.05, 3.63) is 58.7 Å². The molecule has 2 amide bonds. The molecule has 1 N–H and O–H groups in total. The molecular formula is C22H26N2O5. The zero-order chi connectivity index (χ0) is 21.6. The Morgan fingerprint density at radius 2 is 1.52 bits per heavy atom. The van der Waals surface area contributed by atoms with Gasteiger partial charge in [-0.1, -0.05) is 17.7 Å². The van der Waals surface area contributed by atoms with Crippen LogP contribution < -0.4 is 10.1 Å². The maximum atomic E-state index is 12.0. The molecule has 0 saturated heterocycles. The van der Waals surface area contributed by atoms with E-state index in [1.165, 1.54) is 4.90 Å². The average Bonchev–Trinajstić information content (AvgIpc) is 2.65. The van der Waals surface area contributed by atoms with Gasteiger partial charge in [0.05, 0.1) is 0 Å². The molecule has 29 heavy (non-hydrogen) atoms. The Bertz CT molecular complexity index is 881. The molecule has 0 atom stereocenters. The van der Waals surface area contributed by atoms with Crippen molar-refractivity contribution >= 4 is 23.5 Å². The van der Waals surface area contributed by atoms with Gasteiger partial charge in [0.2, 0.25) is 0 Å². The van der Waals surface area contributed by atoms with Crippen LogP contribution in [0, 0.1) is 20.8 Å². The maximum absolute atomic E-state index is 12.0. The first-order chi connectivity index (χ1) is 13.7. The summed E-state index contributed by atoms with van der Waals surface area (Å²) in [7, 11) is 3.33. The Morgan fingerprint density at radius 3 is 2.07 bits per heavy atom. The van der Waals surface area contributed by atoms with E-state index in [4.69, 9.17) is 9.47 Å². The smallest absolute Gasteiger partial charge is 0.344 e. The third kappa shape index (κ3) is 6.34. The largest absolute Gasteiger partial charge is 0.481 e. The lowest BCUT2D eigenvalue weighted by molar-refractivity contribution is -0.149. The molecule has 0 spiro atoms. The van der Waals surface area contributed by atoms with Gasteiger partial charge in [0.25, 0.3) is 11.8 Å². The highest BCUT2D eigenvalue weighted by Crippen LogP contribution is 2.24. The minimum atomic E-state index is -0.633. The van der Waals surface area contributed by atoms with Crippen molar-refractivity contribution in [2.45, 2.75) is 20.8 Å². The topological polar surface area (TPSA) is 84.9 Å². The lowest BCUT2D eigenvalue weighted by atomic mass is 10.1. The molecule has 2 aromatic rings. The van der Waals surface area contributed by atoms with Gasteiger partial charge in [-0.15, -0.1) is 0 Å². The minimum Gasteiger partial charge on any atom is -0.481 e. The van der Waals surface area contributed by atoms with E-state index < -0.39 is 18.5 Å². The number of rotatable bonds is 7. The van der Waals surface area contributed by atoms with E-state index >= 15 is 0 Å². The Hall–Kier alpha value is -3.35. The minimum absolute atomic E-state index is 0.129. The number of carbonyl (C=O) groups is 3. The fourth-order valence-corrected chi connectivity index (χ4v) is 2.86. The number of amides is 2. The SMILES string of the molecule is Cc1cc(C)c(OCC(=O)OCC(=O)Nc2ccc(C(=O)N(C)C)cc2)c(C)c1. The Balaban J connectivity index is 1.80. The summed E-state index contributed by atoms with van der Waals surface area (Å²) < 4.78 is 10.5. The predicted molar refractivity (Wildman–Crippen MR) is 110 cm³/mol. The van der Waals surface area contributed by atoms with Gasteiger partial charge >= 0.3 is 5.97 Å². The highest BCUT2D eigenvalue weighted by atomic mass is 16.6. The Labute approximate surface area is 170 Å². The molecule has 0 heterocycles. The van der Waals surface area contributed by atoms with Crippen LogP contribution in [-0.2, 0) is 14.3 Å². The van der Waals surface area contributed by atoms with Crippen LogP contribution in [0.1, 0.15) is 27.0 Å². The standard InChI is InChI=1S/C22H26N2O5/c1-14-10-15(2)21(16(3)11-14)29-13-20(26)28-12-19(25)23-18-8-6-17(7-9-18)22(27)24(4)5/h6-11H,12-13H2,1-5H3,(H,23,25). The number of hydrogen-bond acceptors (Lipinski definition) is 5. The lowest BCUT2D eigenvalue weighted by Gasteiger charge is -2.13. The Kier molecular flexibility index (Phi) is 7.36. The van der Waals surface area contributed by atoms with Gasteiger partial charge < -0.3 is 19.7 Å². The third-order valence-corrected chi connectivity index (χ3v) is 4.13. The first-order valence-electron chi connectivity index (χ1n) is 9.15. The fourth-order valence-electron chi connectivity index (χ4n) is 2.86. The summed E-state index contributed by atoms with van der Waals surface area (Å²) >= 11 is 0. The van der Waals surface area contributed by atoms with E-state index in [9.17, 15) is 14.4 Å². The van der Waals surface area contributed by atoms with Crippen LogP contribution in [0.5, 0.6) is 5.75 Å². The summed E-state index contributed by atoms with van der Waals surface area (Å²) in [6.45, 7) is 5.10. The lowest BCUT2D eigenvalue weighted by Crippen LogP contribution is -2.24.